The Labute approximate surface area is 209 Å². The molecule has 2 aliphatic heterocycles. The number of hydrogen-bond donors (Lipinski definition) is 2. The van der Waals surface area contributed by atoms with Gasteiger partial charge in [-0.25, -0.2) is 4.98 Å². The molecule has 6 nitrogen and oxygen atoms in total. The minimum Gasteiger partial charge on any atom is -0.392 e. The van der Waals surface area contributed by atoms with Gasteiger partial charge in [-0.15, -0.1) is 0 Å². The van der Waals surface area contributed by atoms with Gasteiger partial charge in [-0.1, -0.05) is 44.5 Å². The molecule has 1 aromatic heterocycles. The van der Waals surface area contributed by atoms with Crippen molar-refractivity contribution in [1.82, 2.24) is 14.9 Å². The number of aliphatic hydroxyl groups is 1. The van der Waals surface area contributed by atoms with Gasteiger partial charge in [-0.05, 0) is 68.8 Å². The summed E-state index contributed by atoms with van der Waals surface area (Å²) in [7, 11) is 0. The highest BCUT2D eigenvalue weighted by Gasteiger charge is 2.52. The second-order valence-electron chi connectivity index (χ2n) is 10.9. The quantitative estimate of drug-likeness (QED) is 0.614. The summed E-state index contributed by atoms with van der Waals surface area (Å²) in [6.07, 6.45) is 12.7. The van der Waals surface area contributed by atoms with E-state index in [0.29, 0.717) is 6.42 Å². The molecule has 2 bridgehead atoms. The molecule has 2 unspecified atom stereocenters. The number of aromatic nitrogens is 2. The predicted molar refractivity (Wildman–Crippen MR) is 137 cm³/mol. The second-order valence-corrected chi connectivity index (χ2v) is 10.9. The van der Waals surface area contributed by atoms with E-state index in [1.165, 1.54) is 11.1 Å². The van der Waals surface area contributed by atoms with Gasteiger partial charge in [-0.3, -0.25) is 4.79 Å². The van der Waals surface area contributed by atoms with Crippen molar-refractivity contribution in [2.24, 2.45) is 10.8 Å². The topological polar surface area (TPSA) is 76.4 Å². The number of hydrogen-bond acceptors (Lipinski definition) is 4. The monoisotopic (exact) mass is 479 g/mol. The zero-order chi connectivity index (χ0) is 24.5. The molecule has 35 heavy (non-hydrogen) atoms. The van der Waals surface area contributed by atoms with Crippen LogP contribution in [0.1, 0.15) is 89.7 Å². The van der Waals surface area contributed by atoms with Crippen LogP contribution in [0.4, 0.5) is 0 Å². The van der Waals surface area contributed by atoms with Crippen LogP contribution in [0, 0.1) is 10.8 Å². The van der Waals surface area contributed by atoms with E-state index in [4.69, 9.17) is 4.74 Å². The molecule has 6 heteroatoms. The van der Waals surface area contributed by atoms with Crippen LogP contribution in [-0.4, -0.2) is 45.9 Å². The Kier molecular flexibility index (Phi) is 7.04. The first-order valence-corrected chi connectivity index (χ1v) is 13.8. The number of benzene rings is 1. The van der Waals surface area contributed by atoms with Crippen molar-refractivity contribution in [3.05, 3.63) is 42.4 Å². The first kappa shape index (κ1) is 24.5. The van der Waals surface area contributed by atoms with Gasteiger partial charge in [-0.2, -0.15) is 0 Å². The van der Waals surface area contributed by atoms with E-state index < -0.39 is 0 Å². The number of aliphatic hydroxyl groups excluding tert-OH is 1. The van der Waals surface area contributed by atoms with Gasteiger partial charge in [0, 0.05) is 30.2 Å². The summed E-state index contributed by atoms with van der Waals surface area (Å²) in [6, 6.07) is 8.91. The highest BCUT2D eigenvalue weighted by atomic mass is 16.5. The number of carbonyl (C=O) groups is 1. The molecule has 2 N–H and O–H groups in total. The lowest BCUT2D eigenvalue weighted by Gasteiger charge is -2.45. The van der Waals surface area contributed by atoms with E-state index >= 15 is 0 Å². The Balaban J connectivity index is 0.00000124. The van der Waals surface area contributed by atoms with Gasteiger partial charge in [0.15, 0.2) is 0 Å². The van der Waals surface area contributed by atoms with E-state index in [2.05, 4.69) is 39.1 Å². The molecule has 0 spiro atoms. The second kappa shape index (κ2) is 10.1. The Bertz CT molecular complexity index is 1020. The number of amides is 1. The lowest BCUT2D eigenvalue weighted by Crippen LogP contribution is -2.50. The van der Waals surface area contributed by atoms with Crippen molar-refractivity contribution in [3.63, 3.8) is 0 Å². The van der Waals surface area contributed by atoms with Crippen LogP contribution >= 0.6 is 0 Å². The molecule has 4 fully saturated rings. The first-order valence-electron chi connectivity index (χ1n) is 13.8. The van der Waals surface area contributed by atoms with Crippen molar-refractivity contribution in [3.8, 4) is 11.3 Å². The third-order valence-electron chi connectivity index (χ3n) is 9.32. The predicted octanol–water partition coefficient (Wildman–Crippen LogP) is 5.26. The van der Waals surface area contributed by atoms with E-state index in [0.717, 1.165) is 76.7 Å². The molecule has 3 aliphatic carbocycles. The fourth-order valence-electron chi connectivity index (χ4n) is 7.16. The summed E-state index contributed by atoms with van der Waals surface area (Å²) >= 11 is 0. The van der Waals surface area contributed by atoms with Gasteiger partial charge >= 0.3 is 0 Å². The smallest absolute Gasteiger partial charge is 0.226 e. The third-order valence-corrected chi connectivity index (χ3v) is 9.32. The Morgan fingerprint density at radius 1 is 1.14 bits per heavy atom. The van der Waals surface area contributed by atoms with Crippen LogP contribution in [0.5, 0.6) is 0 Å². The number of nitrogens with one attached hydrogen (secondary N) is 1. The van der Waals surface area contributed by atoms with Crippen molar-refractivity contribution < 1.29 is 14.6 Å². The molecule has 0 radical (unpaired) electrons. The van der Waals surface area contributed by atoms with Gasteiger partial charge in [0.25, 0.3) is 0 Å². The fraction of sp³-hybridized carbons (Fsp3) is 0.655. The normalized spacial score (nSPS) is 30.4. The van der Waals surface area contributed by atoms with Crippen LogP contribution in [0.2, 0.25) is 0 Å². The lowest BCUT2D eigenvalue weighted by atomic mass is 9.62. The number of carbonyl (C=O) groups excluding carboxylic acids is 1. The molecule has 2 aromatic rings. The largest absolute Gasteiger partial charge is 0.392 e. The fourth-order valence-corrected chi connectivity index (χ4v) is 7.16. The average molecular weight is 480 g/mol. The number of imidazole rings is 1. The van der Waals surface area contributed by atoms with E-state index in [9.17, 15) is 9.90 Å². The molecule has 1 aromatic carbocycles. The maximum atomic E-state index is 13.4. The zero-order valence-corrected chi connectivity index (χ0v) is 21.3. The van der Waals surface area contributed by atoms with Crippen LogP contribution in [0.15, 0.2) is 36.8 Å². The van der Waals surface area contributed by atoms with E-state index in [-0.39, 0.29) is 34.9 Å². The SMILES string of the molecule is CC.O=C(NC1CCOCC1)C12CCCC(C(O)CC3c4ccccc4-c4cncn43)(CC1)CC2. The highest BCUT2D eigenvalue weighted by molar-refractivity contribution is 5.83. The molecular weight excluding hydrogens is 438 g/mol. The van der Waals surface area contributed by atoms with Gasteiger partial charge in [0.1, 0.15) is 0 Å². The average Bonchev–Trinajstić information content (AvgIpc) is 3.36. The van der Waals surface area contributed by atoms with E-state index in [1.54, 1.807) is 0 Å². The van der Waals surface area contributed by atoms with Crippen molar-refractivity contribution in [2.75, 3.05) is 13.2 Å². The van der Waals surface area contributed by atoms with Crippen LogP contribution in [0.3, 0.4) is 0 Å². The van der Waals surface area contributed by atoms with Crippen LogP contribution in [0.25, 0.3) is 11.3 Å². The molecule has 3 heterocycles. The first-order chi connectivity index (χ1) is 17.1. The summed E-state index contributed by atoms with van der Waals surface area (Å²) < 4.78 is 7.69. The summed E-state index contributed by atoms with van der Waals surface area (Å²) in [6.45, 7) is 5.49. The molecule has 1 saturated heterocycles. The van der Waals surface area contributed by atoms with Crippen molar-refractivity contribution in [1.29, 1.82) is 0 Å². The number of nitrogens with zero attached hydrogens (tertiary/aromatic N) is 2. The number of fused-ring (bicyclic) bond motifs is 7. The molecule has 3 saturated carbocycles. The van der Waals surface area contributed by atoms with Crippen molar-refractivity contribution >= 4 is 5.91 Å². The molecular formula is C29H41N3O3. The standard InChI is InChI=1S/C27H35N3O3.C2H6/c31-24(16-22-20-4-1-2-5-21(20)23-17-28-18-30(22)23)26-8-3-9-27(12-10-26,13-11-26)25(32)29-19-6-14-33-15-7-19;1-2/h1-2,4-5,17-19,22,24,31H,3,6-16H2,(H,29,32);1-2H3. The Morgan fingerprint density at radius 2 is 1.89 bits per heavy atom. The summed E-state index contributed by atoms with van der Waals surface area (Å²) in [5.41, 5.74) is 3.36. The molecule has 7 rings (SSSR count). The molecule has 2 atom stereocenters. The minimum absolute atomic E-state index is 0.0722. The maximum Gasteiger partial charge on any atom is 0.226 e. The summed E-state index contributed by atoms with van der Waals surface area (Å²) in [4.78, 5) is 17.7. The summed E-state index contributed by atoms with van der Waals surface area (Å²) in [5.74, 6) is 0.257. The van der Waals surface area contributed by atoms with Gasteiger partial charge < -0.3 is 19.7 Å². The van der Waals surface area contributed by atoms with E-state index in [1.807, 2.05) is 26.4 Å². The molecule has 190 valence electrons. The summed E-state index contributed by atoms with van der Waals surface area (Å²) in [5, 5.41) is 15.0. The van der Waals surface area contributed by atoms with Gasteiger partial charge in [0.2, 0.25) is 5.91 Å². The minimum atomic E-state index is -0.376. The number of ether oxygens (including phenoxy) is 1. The van der Waals surface area contributed by atoms with Gasteiger partial charge in [0.05, 0.1) is 30.4 Å². The zero-order valence-electron chi connectivity index (χ0n) is 21.3. The van der Waals surface area contributed by atoms with Crippen molar-refractivity contribution in [2.45, 2.75) is 96.2 Å². The highest BCUT2D eigenvalue weighted by Crippen LogP contribution is 2.57. The number of rotatable bonds is 5. The molecule has 1 amide bonds. The third kappa shape index (κ3) is 4.33. The molecule has 5 aliphatic rings. The van der Waals surface area contributed by atoms with Crippen LogP contribution in [-0.2, 0) is 9.53 Å². The Morgan fingerprint density at radius 3 is 2.66 bits per heavy atom. The Hall–Kier alpha value is -2.18. The lowest BCUT2D eigenvalue weighted by molar-refractivity contribution is -0.136. The maximum absolute atomic E-state index is 13.4. The van der Waals surface area contributed by atoms with Crippen LogP contribution < -0.4 is 5.32 Å².